The molecule has 0 saturated carbocycles. The fraction of sp³-hybridized carbons (Fsp3) is 0.889. The lowest BCUT2D eigenvalue weighted by molar-refractivity contribution is -0.121. The van der Waals surface area contributed by atoms with Gasteiger partial charge in [0.05, 0.1) is 0 Å². The van der Waals surface area contributed by atoms with E-state index in [9.17, 15) is 4.79 Å². The lowest BCUT2D eigenvalue weighted by Gasteiger charge is -2.20. The number of carbonyl (C=O) groups excluding carboxylic acids is 1. The fourth-order valence-corrected chi connectivity index (χ4v) is 0.792. The van der Waals surface area contributed by atoms with Crippen LogP contribution in [-0.2, 0) is 4.79 Å². The molecule has 78 valence electrons. The van der Waals surface area contributed by atoms with E-state index in [0.29, 0.717) is 12.6 Å². The van der Waals surface area contributed by atoms with Crippen LogP contribution in [0.2, 0.25) is 0 Å². The highest BCUT2D eigenvalue weighted by molar-refractivity contribution is 5.76. The zero-order valence-electron chi connectivity index (χ0n) is 9.00. The van der Waals surface area contributed by atoms with E-state index in [1.165, 1.54) is 0 Å². The van der Waals surface area contributed by atoms with Gasteiger partial charge in [0.2, 0.25) is 5.91 Å². The maximum atomic E-state index is 10.7. The van der Waals surface area contributed by atoms with Crippen molar-refractivity contribution in [2.24, 2.45) is 11.7 Å². The maximum absolute atomic E-state index is 10.7. The van der Waals surface area contributed by atoms with Crippen LogP contribution in [0.4, 0.5) is 0 Å². The summed E-state index contributed by atoms with van der Waals surface area (Å²) in [6.45, 7) is 5.50. The molecular formula is C9H21N3O. The lowest BCUT2D eigenvalue weighted by Crippen LogP contribution is -2.39. The third-order valence-electron chi connectivity index (χ3n) is 2.26. The highest BCUT2D eigenvalue weighted by Crippen LogP contribution is 1.92. The highest BCUT2D eigenvalue weighted by atomic mass is 16.1. The van der Waals surface area contributed by atoms with E-state index in [1.807, 2.05) is 21.0 Å². The Morgan fingerprint density at radius 1 is 1.38 bits per heavy atom. The summed E-state index contributed by atoms with van der Waals surface area (Å²) >= 11 is 0. The van der Waals surface area contributed by atoms with Crippen molar-refractivity contribution >= 4 is 5.91 Å². The summed E-state index contributed by atoms with van der Waals surface area (Å²) in [5.41, 5.74) is 5.12. The minimum Gasteiger partial charge on any atom is -0.369 e. The van der Waals surface area contributed by atoms with Crippen LogP contribution in [0.3, 0.4) is 0 Å². The highest BCUT2D eigenvalue weighted by Gasteiger charge is 2.09. The quantitative estimate of drug-likeness (QED) is 0.597. The van der Waals surface area contributed by atoms with E-state index in [1.54, 1.807) is 0 Å². The van der Waals surface area contributed by atoms with Gasteiger partial charge in [-0.15, -0.1) is 0 Å². The van der Waals surface area contributed by atoms with Crippen LogP contribution in [0.5, 0.6) is 0 Å². The molecular weight excluding hydrogens is 166 g/mol. The van der Waals surface area contributed by atoms with Crippen molar-refractivity contribution in [3.8, 4) is 0 Å². The molecule has 4 heteroatoms. The number of primary amides is 1. The van der Waals surface area contributed by atoms with Gasteiger partial charge in [-0.2, -0.15) is 0 Å². The van der Waals surface area contributed by atoms with Crippen molar-refractivity contribution in [2.75, 3.05) is 27.2 Å². The monoisotopic (exact) mass is 187 g/mol. The Hall–Kier alpha value is -0.610. The summed E-state index contributed by atoms with van der Waals surface area (Å²) in [7, 11) is 4.06. The van der Waals surface area contributed by atoms with Crippen LogP contribution >= 0.6 is 0 Å². The van der Waals surface area contributed by atoms with E-state index < -0.39 is 0 Å². The summed E-state index contributed by atoms with van der Waals surface area (Å²) in [5.74, 6) is -0.334. The predicted octanol–water partition coefficient (Wildman–Crippen LogP) is -0.352. The Morgan fingerprint density at radius 2 is 1.92 bits per heavy atom. The molecule has 0 spiro atoms. The standard InChI is InChI=1S/C9H21N3O/c1-7(9(10)13)5-11-6-8(2)12(3)4/h7-8,11H,5-6H2,1-4H3,(H2,10,13). The zero-order chi connectivity index (χ0) is 10.4. The van der Waals surface area contributed by atoms with E-state index in [0.717, 1.165) is 6.54 Å². The second-order valence-electron chi connectivity index (χ2n) is 3.77. The van der Waals surface area contributed by atoms with Gasteiger partial charge < -0.3 is 16.0 Å². The van der Waals surface area contributed by atoms with E-state index in [2.05, 4.69) is 17.1 Å². The molecule has 4 nitrogen and oxygen atoms in total. The minimum atomic E-state index is -0.245. The first-order chi connectivity index (χ1) is 5.95. The average Bonchev–Trinajstić information content (AvgIpc) is 2.03. The first-order valence-electron chi connectivity index (χ1n) is 4.61. The molecule has 1 amide bonds. The molecule has 3 N–H and O–H groups in total. The third-order valence-corrected chi connectivity index (χ3v) is 2.26. The summed E-state index contributed by atoms with van der Waals surface area (Å²) < 4.78 is 0. The first-order valence-corrected chi connectivity index (χ1v) is 4.61. The van der Waals surface area contributed by atoms with Crippen molar-refractivity contribution in [1.29, 1.82) is 0 Å². The fourth-order valence-electron chi connectivity index (χ4n) is 0.792. The number of hydrogen-bond donors (Lipinski definition) is 2. The second-order valence-corrected chi connectivity index (χ2v) is 3.77. The molecule has 0 saturated heterocycles. The van der Waals surface area contributed by atoms with Crippen LogP contribution in [0.15, 0.2) is 0 Å². The largest absolute Gasteiger partial charge is 0.369 e. The number of likely N-dealkylation sites (N-methyl/N-ethyl adjacent to an activating group) is 1. The number of amides is 1. The van der Waals surface area contributed by atoms with Gasteiger partial charge in [0.25, 0.3) is 0 Å². The van der Waals surface area contributed by atoms with Gasteiger partial charge in [0.15, 0.2) is 0 Å². The smallest absolute Gasteiger partial charge is 0.221 e. The molecule has 0 bridgehead atoms. The molecule has 0 aliphatic carbocycles. The molecule has 0 aliphatic heterocycles. The molecule has 0 aromatic carbocycles. The Labute approximate surface area is 80.5 Å². The van der Waals surface area contributed by atoms with Crippen LogP contribution in [0, 0.1) is 5.92 Å². The van der Waals surface area contributed by atoms with Crippen molar-refractivity contribution in [3.05, 3.63) is 0 Å². The van der Waals surface area contributed by atoms with Crippen LogP contribution < -0.4 is 11.1 Å². The molecule has 0 aliphatic rings. The van der Waals surface area contributed by atoms with Gasteiger partial charge in [-0.1, -0.05) is 6.92 Å². The third kappa shape index (κ3) is 5.60. The topological polar surface area (TPSA) is 58.4 Å². The van der Waals surface area contributed by atoms with Crippen molar-refractivity contribution in [3.63, 3.8) is 0 Å². The zero-order valence-corrected chi connectivity index (χ0v) is 9.00. The Morgan fingerprint density at radius 3 is 2.31 bits per heavy atom. The molecule has 13 heavy (non-hydrogen) atoms. The molecule has 0 aromatic rings. The Balaban J connectivity index is 3.50. The molecule has 0 rings (SSSR count). The maximum Gasteiger partial charge on any atom is 0.221 e. The molecule has 0 heterocycles. The number of rotatable bonds is 6. The van der Waals surface area contributed by atoms with E-state index >= 15 is 0 Å². The number of nitrogens with two attached hydrogens (primary N) is 1. The minimum absolute atomic E-state index is 0.0886. The van der Waals surface area contributed by atoms with Gasteiger partial charge in [0.1, 0.15) is 0 Å². The van der Waals surface area contributed by atoms with E-state index in [4.69, 9.17) is 5.73 Å². The lowest BCUT2D eigenvalue weighted by atomic mass is 10.1. The normalized spacial score (nSPS) is 15.8. The summed E-state index contributed by atoms with van der Waals surface area (Å²) in [6, 6.07) is 0.472. The molecule has 0 aromatic heterocycles. The van der Waals surface area contributed by atoms with Crippen LogP contribution in [0.1, 0.15) is 13.8 Å². The molecule has 2 atom stereocenters. The molecule has 2 unspecified atom stereocenters. The van der Waals surface area contributed by atoms with Crippen LogP contribution in [0.25, 0.3) is 0 Å². The van der Waals surface area contributed by atoms with Crippen molar-refractivity contribution in [2.45, 2.75) is 19.9 Å². The van der Waals surface area contributed by atoms with Crippen molar-refractivity contribution < 1.29 is 4.79 Å². The summed E-state index contributed by atoms with van der Waals surface area (Å²) in [4.78, 5) is 12.8. The predicted molar refractivity (Wildman–Crippen MR) is 54.4 cm³/mol. The summed E-state index contributed by atoms with van der Waals surface area (Å²) in [6.07, 6.45) is 0. The van der Waals surface area contributed by atoms with Gasteiger partial charge in [0, 0.05) is 25.0 Å². The molecule has 0 radical (unpaired) electrons. The number of carbonyl (C=O) groups is 1. The van der Waals surface area contributed by atoms with Crippen molar-refractivity contribution in [1.82, 2.24) is 10.2 Å². The number of nitrogens with zero attached hydrogens (tertiary/aromatic N) is 1. The van der Waals surface area contributed by atoms with E-state index in [-0.39, 0.29) is 11.8 Å². The van der Waals surface area contributed by atoms with Gasteiger partial charge >= 0.3 is 0 Å². The summed E-state index contributed by atoms with van der Waals surface area (Å²) in [5, 5.41) is 3.21. The number of nitrogens with one attached hydrogen (secondary N) is 1. The van der Waals surface area contributed by atoms with Gasteiger partial charge in [-0.3, -0.25) is 4.79 Å². The average molecular weight is 187 g/mol. The Kier molecular flexibility index (Phi) is 5.66. The Bertz CT molecular complexity index is 159. The SMILES string of the molecule is CC(CNCC(C)N(C)C)C(N)=O. The van der Waals surface area contributed by atoms with Gasteiger partial charge in [-0.05, 0) is 21.0 Å². The number of hydrogen-bond acceptors (Lipinski definition) is 3. The van der Waals surface area contributed by atoms with Crippen LogP contribution in [-0.4, -0.2) is 44.0 Å². The molecule has 0 fully saturated rings. The van der Waals surface area contributed by atoms with Gasteiger partial charge in [-0.25, -0.2) is 0 Å². The first kappa shape index (κ1) is 12.4. The second kappa shape index (κ2) is 5.94.